The fourth-order valence-corrected chi connectivity index (χ4v) is 8.61. The van der Waals surface area contributed by atoms with Gasteiger partial charge in [0.05, 0.1) is 0 Å². The van der Waals surface area contributed by atoms with Crippen LogP contribution in [0.5, 0.6) is 0 Å². The molecule has 264 valence electrons. The molecule has 2 aliphatic rings. The van der Waals surface area contributed by atoms with Crippen LogP contribution in [-0.2, 0) is 38.3 Å². The first-order valence-electron chi connectivity index (χ1n) is 15.6. The number of hydrogen-bond acceptors (Lipinski definition) is 13. The fraction of sp³-hybridized carbons (Fsp3) is 0.382. The summed E-state index contributed by atoms with van der Waals surface area (Å²) in [7, 11) is 0. The second-order valence-electron chi connectivity index (χ2n) is 12.5. The van der Waals surface area contributed by atoms with E-state index in [2.05, 4.69) is 20.8 Å². The number of carbonyl (C=O) groups is 5. The van der Waals surface area contributed by atoms with Crippen molar-refractivity contribution in [1.82, 2.24) is 15.2 Å². The molecule has 16 heteroatoms. The Morgan fingerprint density at radius 2 is 1.78 bits per heavy atom. The van der Waals surface area contributed by atoms with Crippen molar-refractivity contribution in [3.05, 3.63) is 82.9 Å². The van der Waals surface area contributed by atoms with E-state index in [0.29, 0.717) is 17.9 Å². The molecular weight excluding hydrogens is 703 g/mol. The molecule has 0 bridgehead atoms. The van der Waals surface area contributed by atoms with Crippen LogP contribution in [0.15, 0.2) is 71.2 Å². The number of carbonyl (C=O) groups excluding carboxylic acids is 5. The predicted molar refractivity (Wildman–Crippen MR) is 192 cm³/mol. The lowest BCUT2D eigenvalue weighted by atomic mass is 9.88. The SMILES string of the molecule is CSCC1(C(=O)OC(c2ccccc2)c2ccccc2)CS[C@@H]2C(NC(=O)C(=NOCC(=O)OC(C)(C)C)c3csc(NC=O)n3)C(=O)N2C1. The van der Waals surface area contributed by atoms with Crippen LogP contribution in [-0.4, -0.2) is 93.7 Å². The minimum Gasteiger partial charge on any atom is -0.457 e. The molecule has 5 rings (SSSR count). The fourth-order valence-electron chi connectivity index (χ4n) is 5.42. The standard InChI is InChI=1S/C34H37N5O8S3/c1-33(2,3)47-24(41)15-45-38-25(23-16-49-32(36-23)35-20-40)28(42)37-26-29(43)39-17-34(18-48-4,19-50-30(26)39)31(44)46-27(21-11-7-5-8-12-21)22-13-9-6-10-14-22/h5-14,16,20,26-27,30H,15,17-19H2,1-4H3,(H,37,42)(H,35,36,40)/t26?,30-,34?/m1/s1. The van der Waals surface area contributed by atoms with Gasteiger partial charge in [-0.1, -0.05) is 65.8 Å². The van der Waals surface area contributed by atoms with Gasteiger partial charge in [0.15, 0.2) is 16.9 Å². The van der Waals surface area contributed by atoms with Crippen molar-refractivity contribution in [2.45, 2.75) is 43.9 Å². The lowest BCUT2D eigenvalue weighted by Gasteiger charge is -2.54. The number of nitrogens with one attached hydrogen (secondary N) is 2. The number of hydrogen-bond donors (Lipinski definition) is 2. The molecule has 2 fully saturated rings. The van der Waals surface area contributed by atoms with E-state index in [1.807, 2.05) is 66.9 Å². The van der Waals surface area contributed by atoms with Crippen molar-refractivity contribution in [1.29, 1.82) is 0 Å². The minimum absolute atomic E-state index is 0.0640. The molecule has 13 nitrogen and oxygen atoms in total. The molecule has 50 heavy (non-hydrogen) atoms. The Labute approximate surface area is 301 Å². The summed E-state index contributed by atoms with van der Waals surface area (Å²) in [6.45, 7) is 4.65. The molecule has 3 aromatic rings. The number of thiazole rings is 1. The molecule has 2 N–H and O–H groups in total. The van der Waals surface area contributed by atoms with E-state index in [-0.39, 0.29) is 29.0 Å². The lowest BCUT2D eigenvalue weighted by molar-refractivity contribution is -0.164. The van der Waals surface area contributed by atoms with E-state index in [4.69, 9.17) is 14.3 Å². The number of nitrogens with zero attached hydrogens (tertiary/aromatic N) is 3. The van der Waals surface area contributed by atoms with E-state index in [1.165, 1.54) is 28.9 Å². The highest BCUT2D eigenvalue weighted by Crippen LogP contribution is 2.45. The van der Waals surface area contributed by atoms with Gasteiger partial charge in [-0.2, -0.15) is 11.8 Å². The average molecular weight is 740 g/mol. The topological polar surface area (TPSA) is 166 Å². The van der Waals surface area contributed by atoms with Gasteiger partial charge in [0.25, 0.3) is 5.91 Å². The molecular formula is C34H37N5O8S3. The Hall–Kier alpha value is -4.41. The summed E-state index contributed by atoms with van der Waals surface area (Å²) < 4.78 is 11.5. The summed E-state index contributed by atoms with van der Waals surface area (Å²) in [6, 6.07) is 18.1. The molecule has 0 radical (unpaired) electrons. The monoisotopic (exact) mass is 739 g/mol. The molecule has 0 aliphatic carbocycles. The molecule has 3 heterocycles. The molecule has 2 unspecified atom stereocenters. The van der Waals surface area contributed by atoms with E-state index < -0.39 is 53.0 Å². The van der Waals surface area contributed by atoms with Crippen LogP contribution in [0.4, 0.5) is 5.13 Å². The first-order valence-corrected chi connectivity index (χ1v) is 18.9. The molecule has 2 aliphatic heterocycles. The largest absolute Gasteiger partial charge is 0.457 e. The van der Waals surface area contributed by atoms with Gasteiger partial charge in [-0.25, -0.2) is 9.78 Å². The number of anilines is 1. The van der Waals surface area contributed by atoms with Crippen LogP contribution >= 0.6 is 34.9 Å². The minimum atomic E-state index is -0.988. The summed E-state index contributed by atoms with van der Waals surface area (Å²) in [6.07, 6.45) is 1.71. The van der Waals surface area contributed by atoms with E-state index in [9.17, 15) is 24.0 Å². The number of ether oxygens (including phenoxy) is 2. The second kappa shape index (κ2) is 16.1. The van der Waals surface area contributed by atoms with Gasteiger partial charge in [0, 0.05) is 23.4 Å². The number of amides is 3. The Morgan fingerprint density at radius 3 is 2.38 bits per heavy atom. The summed E-state index contributed by atoms with van der Waals surface area (Å²) in [5.74, 6) is -1.46. The first-order chi connectivity index (χ1) is 23.9. The van der Waals surface area contributed by atoms with Crippen LogP contribution in [0.25, 0.3) is 0 Å². The van der Waals surface area contributed by atoms with Crippen molar-refractivity contribution >= 4 is 75.9 Å². The molecule has 0 spiro atoms. The van der Waals surface area contributed by atoms with E-state index in [1.54, 1.807) is 25.7 Å². The number of thioether (sulfide) groups is 2. The predicted octanol–water partition coefficient (Wildman–Crippen LogP) is 3.86. The molecule has 2 saturated heterocycles. The Balaban J connectivity index is 1.29. The van der Waals surface area contributed by atoms with Crippen molar-refractivity contribution in [3.63, 3.8) is 0 Å². The van der Waals surface area contributed by atoms with Crippen LogP contribution in [0.3, 0.4) is 0 Å². The smallest absolute Gasteiger partial charge is 0.347 e. The zero-order chi connectivity index (χ0) is 35.9. The number of esters is 2. The van der Waals surface area contributed by atoms with Crippen LogP contribution < -0.4 is 10.6 Å². The highest BCUT2D eigenvalue weighted by atomic mass is 32.2. The van der Waals surface area contributed by atoms with Crippen LogP contribution in [0.1, 0.15) is 43.7 Å². The third kappa shape index (κ3) is 8.65. The third-order valence-electron chi connectivity index (χ3n) is 7.62. The van der Waals surface area contributed by atoms with Gasteiger partial charge in [0.1, 0.15) is 28.1 Å². The second-order valence-corrected chi connectivity index (χ2v) is 15.4. The van der Waals surface area contributed by atoms with Crippen molar-refractivity contribution in [3.8, 4) is 0 Å². The normalized spacial score (nSPS) is 20.3. The van der Waals surface area contributed by atoms with Crippen LogP contribution in [0.2, 0.25) is 0 Å². The number of β-lactam (4-membered cyclic amide) rings is 1. The van der Waals surface area contributed by atoms with Crippen LogP contribution in [0, 0.1) is 5.41 Å². The van der Waals surface area contributed by atoms with Gasteiger partial charge in [-0.15, -0.1) is 23.1 Å². The van der Waals surface area contributed by atoms with E-state index in [0.717, 1.165) is 22.5 Å². The van der Waals surface area contributed by atoms with Gasteiger partial charge in [0.2, 0.25) is 18.9 Å². The summed E-state index contributed by atoms with van der Waals surface area (Å²) in [4.78, 5) is 75.2. The molecule has 3 atom stereocenters. The van der Waals surface area contributed by atoms with E-state index >= 15 is 0 Å². The highest BCUT2D eigenvalue weighted by molar-refractivity contribution is 8.00. The number of oxime groups is 1. The Morgan fingerprint density at radius 1 is 1.12 bits per heavy atom. The molecule has 0 saturated carbocycles. The number of aromatic nitrogens is 1. The molecule has 1 aromatic heterocycles. The van der Waals surface area contributed by atoms with Crippen molar-refractivity contribution < 1.29 is 38.3 Å². The average Bonchev–Trinajstić information content (AvgIpc) is 3.56. The van der Waals surface area contributed by atoms with Gasteiger partial charge in [-0.05, 0) is 38.2 Å². The highest BCUT2D eigenvalue weighted by Gasteiger charge is 2.58. The summed E-state index contributed by atoms with van der Waals surface area (Å²) in [5.41, 5.74) is -0.316. The zero-order valence-corrected chi connectivity index (χ0v) is 30.3. The van der Waals surface area contributed by atoms with Gasteiger partial charge >= 0.3 is 11.9 Å². The molecule has 2 aromatic carbocycles. The van der Waals surface area contributed by atoms with Gasteiger partial charge in [-0.3, -0.25) is 19.2 Å². The first kappa shape index (κ1) is 36.9. The zero-order valence-electron chi connectivity index (χ0n) is 27.8. The molecule has 3 amide bonds. The maximum Gasteiger partial charge on any atom is 0.347 e. The van der Waals surface area contributed by atoms with Gasteiger partial charge < -0.3 is 29.8 Å². The summed E-state index contributed by atoms with van der Waals surface area (Å²) >= 11 is 3.93. The van der Waals surface area contributed by atoms with Crippen molar-refractivity contribution in [2.75, 3.05) is 36.2 Å². The maximum absolute atomic E-state index is 14.1. The maximum atomic E-state index is 14.1. The summed E-state index contributed by atoms with van der Waals surface area (Å²) in [5, 5.41) is 10.2. The number of fused-ring (bicyclic) bond motifs is 1. The Bertz CT molecular complexity index is 1690. The Kier molecular flexibility index (Phi) is 11.9. The third-order valence-corrected chi connectivity index (χ3v) is 10.8. The number of rotatable bonds is 14. The number of benzene rings is 2. The van der Waals surface area contributed by atoms with Crippen molar-refractivity contribution in [2.24, 2.45) is 10.6 Å². The quantitative estimate of drug-likeness (QED) is 0.0811. The lowest BCUT2D eigenvalue weighted by Crippen LogP contribution is -2.74.